The number of hydrogen-bond acceptors (Lipinski definition) is 2. The highest BCUT2D eigenvalue weighted by Crippen LogP contribution is 2.43. The van der Waals surface area contributed by atoms with E-state index in [0.717, 1.165) is 43.9 Å². The van der Waals surface area contributed by atoms with Gasteiger partial charge in [-0.1, -0.05) is 57.0 Å². The van der Waals surface area contributed by atoms with Gasteiger partial charge in [-0.05, 0) is 86.3 Å². The van der Waals surface area contributed by atoms with E-state index in [1.54, 1.807) is 0 Å². The van der Waals surface area contributed by atoms with Crippen molar-refractivity contribution in [2.45, 2.75) is 96.4 Å². The van der Waals surface area contributed by atoms with Crippen LogP contribution < -0.4 is 0 Å². The molecular formula is C28H41FO2. The van der Waals surface area contributed by atoms with Crippen molar-refractivity contribution in [1.82, 2.24) is 0 Å². The SMILES string of the molecule is CCCCC1(F)COC(C2CCC(C3CC=C(c4ccc(CC)cc4)CC3)CC2)OC1. The fourth-order valence-corrected chi connectivity index (χ4v) is 5.85. The molecule has 4 rings (SSSR count). The van der Waals surface area contributed by atoms with Crippen molar-refractivity contribution >= 4 is 5.57 Å². The van der Waals surface area contributed by atoms with Gasteiger partial charge in [0.15, 0.2) is 12.0 Å². The van der Waals surface area contributed by atoms with Crippen molar-refractivity contribution in [3.63, 3.8) is 0 Å². The van der Waals surface area contributed by atoms with Crippen molar-refractivity contribution < 1.29 is 13.9 Å². The van der Waals surface area contributed by atoms with E-state index < -0.39 is 5.67 Å². The molecule has 1 atom stereocenters. The molecule has 1 aromatic carbocycles. The van der Waals surface area contributed by atoms with Crippen molar-refractivity contribution in [3.05, 3.63) is 41.5 Å². The minimum atomic E-state index is -1.27. The van der Waals surface area contributed by atoms with Gasteiger partial charge in [0.2, 0.25) is 0 Å². The summed E-state index contributed by atoms with van der Waals surface area (Å²) in [6.07, 6.45) is 14.5. The Hall–Kier alpha value is -1.19. The Balaban J connectivity index is 1.22. The number of aryl methyl sites for hydroxylation is 1. The van der Waals surface area contributed by atoms with Gasteiger partial charge in [0.25, 0.3) is 0 Å². The van der Waals surface area contributed by atoms with Gasteiger partial charge in [-0.3, -0.25) is 0 Å². The minimum Gasteiger partial charge on any atom is -0.349 e. The van der Waals surface area contributed by atoms with Crippen molar-refractivity contribution in [1.29, 1.82) is 0 Å². The Bertz CT molecular complexity index is 709. The molecule has 0 amide bonds. The normalized spacial score (nSPS) is 34.4. The Labute approximate surface area is 188 Å². The maximum atomic E-state index is 14.7. The molecule has 1 heterocycles. The zero-order chi connectivity index (χ0) is 21.7. The molecule has 2 nitrogen and oxygen atoms in total. The summed E-state index contributed by atoms with van der Waals surface area (Å²) in [6.45, 7) is 4.74. The number of allylic oxidation sites excluding steroid dienone is 2. The van der Waals surface area contributed by atoms with Crippen molar-refractivity contribution in [2.24, 2.45) is 17.8 Å². The fourth-order valence-electron chi connectivity index (χ4n) is 5.85. The second kappa shape index (κ2) is 10.6. The summed E-state index contributed by atoms with van der Waals surface area (Å²) in [6, 6.07) is 9.15. The van der Waals surface area contributed by atoms with E-state index >= 15 is 0 Å². The maximum absolute atomic E-state index is 14.7. The molecule has 0 N–H and O–H groups in total. The van der Waals surface area contributed by atoms with Crippen LogP contribution in [0.25, 0.3) is 5.57 Å². The van der Waals surface area contributed by atoms with Crippen LogP contribution in [0.15, 0.2) is 30.3 Å². The monoisotopic (exact) mass is 428 g/mol. The van der Waals surface area contributed by atoms with Gasteiger partial charge in [0.1, 0.15) is 0 Å². The molecule has 0 radical (unpaired) electrons. The minimum absolute atomic E-state index is 0.185. The molecule has 1 aliphatic heterocycles. The van der Waals surface area contributed by atoms with Crippen LogP contribution in [0, 0.1) is 17.8 Å². The van der Waals surface area contributed by atoms with Crippen LogP contribution in [0.1, 0.15) is 89.2 Å². The maximum Gasteiger partial charge on any atom is 0.160 e. The van der Waals surface area contributed by atoms with Gasteiger partial charge in [-0.25, -0.2) is 4.39 Å². The first-order valence-corrected chi connectivity index (χ1v) is 12.8. The third-order valence-electron chi connectivity index (χ3n) is 8.04. The number of hydrogen-bond donors (Lipinski definition) is 0. The standard InChI is InChI=1S/C28H41FO2/c1-3-5-18-28(29)19-30-27(31-20-28)26-16-14-25(15-17-26)24-12-10-23(11-13-24)22-8-6-21(4-2)7-9-22/h6-10,24-27H,3-5,11-20H2,1-2H3. The largest absolute Gasteiger partial charge is 0.349 e. The Kier molecular flexibility index (Phi) is 7.87. The molecule has 1 saturated carbocycles. The van der Waals surface area contributed by atoms with Crippen LogP contribution >= 0.6 is 0 Å². The molecule has 3 aliphatic rings. The molecule has 1 saturated heterocycles. The zero-order valence-electron chi connectivity index (χ0n) is 19.6. The van der Waals surface area contributed by atoms with Crippen LogP contribution in [-0.2, 0) is 15.9 Å². The Morgan fingerprint density at radius 2 is 1.58 bits per heavy atom. The lowest BCUT2D eigenvalue weighted by Crippen LogP contribution is -2.47. The topological polar surface area (TPSA) is 18.5 Å². The van der Waals surface area contributed by atoms with Crippen LogP contribution in [0.2, 0.25) is 0 Å². The summed E-state index contributed by atoms with van der Waals surface area (Å²) < 4.78 is 26.5. The average Bonchev–Trinajstić information content (AvgIpc) is 2.84. The van der Waals surface area contributed by atoms with Gasteiger partial charge < -0.3 is 9.47 Å². The third-order valence-corrected chi connectivity index (χ3v) is 8.04. The van der Waals surface area contributed by atoms with Gasteiger partial charge in [-0.2, -0.15) is 0 Å². The number of benzene rings is 1. The van der Waals surface area contributed by atoms with E-state index in [1.165, 1.54) is 48.8 Å². The van der Waals surface area contributed by atoms with Gasteiger partial charge in [0, 0.05) is 5.92 Å². The van der Waals surface area contributed by atoms with Gasteiger partial charge >= 0.3 is 0 Å². The number of alkyl halides is 1. The summed E-state index contributed by atoms with van der Waals surface area (Å²) in [4.78, 5) is 0. The lowest BCUT2D eigenvalue weighted by Gasteiger charge is -2.41. The first-order valence-electron chi connectivity index (χ1n) is 12.8. The third kappa shape index (κ3) is 5.79. The molecule has 0 spiro atoms. The summed E-state index contributed by atoms with van der Waals surface area (Å²) in [7, 11) is 0. The molecule has 2 fully saturated rings. The van der Waals surface area contributed by atoms with Crippen molar-refractivity contribution in [3.8, 4) is 0 Å². The molecule has 31 heavy (non-hydrogen) atoms. The summed E-state index contributed by atoms with van der Waals surface area (Å²) in [5.41, 5.74) is 3.09. The van der Waals surface area contributed by atoms with Crippen LogP contribution in [-0.4, -0.2) is 25.2 Å². The number of unbranched alkanes of at least 4 members (excludes halogenated alkanes) is 1. The molecular weight excluding hydrogens is 387 g/mol. The first-order chi connectivity index (χ1) is 15.1. The van der Waals surface area contributed by atoms with Crippen LogP contribution in [0.5, 0.6) is 0 Å². The van der Waals surface area contributed by atoms with Gasteiger partial charge in [-0.15, -0.1) is 0 Å². The Morgan fingerprint density at radius 3 is 2.16 bits per heavy atom. The van der Waals surface area contributed by atoms with Gasteiger partial charge in [0.05, 0.1) is 13.2 Å². The quantitative estimate of drug-likeness (QED) is 0.447. The zero-order valence-corrected chi connectivity index (χ0v) is 19.6. The Morgan fingerprint density at radius 1 is 0.903 bits per heavy atom. The van der Waals surface area contributed by atoms with E-state index in [2.05, 4.69) is 44.2 Å². The van der Waals surface area contributed by atoms with E-state index in [9.17, 15) is 4.39 Å². The lowest BCUT2D eigenvalue weighted by molar-refractivity contribution is -0.258. The molecule has 0 aromatic heterocycles. The second-order valence-corrected chi connectivity index (χ2v) is 10.2. The summed E-state index contributed by atoms with van der Waals surface area (Å²) in [5, 5.41) is 0. The summed E-state index contributed by atoms with van der Waals surface area (Å²) in [5.74, 6) is 2.09. The van der Waals surface area contributed by atoms with Crippen LogP contribution in [0.3, 0.4) is 0 Å². The molecule has 1 unspecified atom stereocenters. The van der Waals surface area contributed by atoms with Crippen molar-refractivity contribution in [2.75, 3.05) is 13.2 Å². The van der Waals surface area contributed by atoms with Crippen LogP contribution in [0.4, 0.5) is 4.39 Å². The molecule has 2 aliphatic carbocycles. The second-order valence-electron chi connectivity index (χ2n) is 10.2. The molecule has 3 heteroatoms. The lowest BCUT2D eigenvalue weighted by atomic mass is 9.71. The first kappa shape index (κ1) is 23.0. The molecule has 172 valence electrons. The van der Waals surface area contributed by atoms with E-state index in [4.69, 9.17) is 9.47 Å². The molecule has 0 bridgehead atoms. The predicted molar refractivity (Wildman–Crippen MR) is 126 cm³/mol. The highest BCUT2D eigenvalue weighted by atomic mass is 19.1. The van der Waals surface area contributed by atoms with E-state index in [1.807, 2.05) is 0 Å². The number of ether oxygens (including phenoxy) is 2. The number of rotatable bonds is 7. The van der Waals surface area contributed by atoms with E-state index in [0.29, 0.717) is 12.3 Å². The van der Waals surface area contributed by atoms with E-state index in [-0.39, 0.29) is 19.5 Å². The fraction of sp³-hybridized carbons (Fsp3) is 0.714. The highest BCUT2D eigenvalue weighted by Gasteiger charge is 2.40. The average molecular weight is 429 g/mol. The summed E-state index contributed by atoms with van der Waals surface area (Å²) >= 11 is 0. The molecule has 1 aromatic rings. The smallest absolute Gasteiger partial charge is 0.160 e. The number of halogens is 1. The predicted octanol–water partition coefficient (Wildman–Crippen LogP) is 7.51. The highest BCUT2D eigenvalue weighted by molar-refractivity contribution is 5.66.